The maximum Gasteiger partial charge on any atom is 0.255 e. The number of rotatable bonds is 11. The van der Waals surface area contributed by atoms with E-state index in [9.17, 15) is 9.90 Å². The molecule has 4 aliphatic rings. The Hall–Kier alpha value is -2.04. The number of hydrogen-bond acceptors (Lipinski definition) is 3. The number of nitrogens with one attached hydrogen (secondary N) is 1. The van der Waals surface area contributed by atoms with E-state index in [1.807, 2.05) is 30.3 Å². The van der Waals surface area contributed by atoms with E-state index in [0.29, 0.717) is 28.3 Å². The Labute approximate surface area is 214 Å². The van der Waals surface area contributed by atoms with Crippen molar-refractivity contribution in [2.45, 2.75) is 70.3 Å². The fourth-order valence-electron chi connectivity index (χ4n) is 7.44. The average Bonchev–Trinajstić information content (AvgIpc) is 2.83. The quantitative estimate of drug-likeness (QED) is 0.377. The first kappa shape index (κ1) is 24.6. The van der Waals surface area contributed by atoms with Gasteiger partial charge in [0.2, 0.25) is 0 Å². The van der Waals surface area contributed by atoms with Gasteiger partial charge in [0.25, 0.3) is 5.91 Å². The average molecular weight is 496 g/mol. The lowest BCUT2D eigenvalue weighted by Crippen LogP contribution is -2.46. The third-order valence-electron chi connectivity index (χ3n) is 8.57. The monoisotopic (exact) mass is 495 g/mol. The summed E-state index contributed by atoms with van der Waals surface area (Å²) in [5, 5.41) is 14.1. The van der Waals surface area contributed by atoms with Gasteiger partial charge >= 0.3 is 0 Å². The largest absolute Gasteiger partial charge is 0.490 e. The molecule has 0 spiro atoms. The molecule has 5 heteroatoms. The Morgan fingerprint density at radius 3 is 2.43 bits per heavy atom. The second-order valence-electron chi connectivity index (χ2n) is 11.4. The van der Waals surface area contributed by atoms with Crippen LogP contribution in [0.2, 0.25) is 5.02 Å². The number of aliphatic hydroxyl groups is 1. The van der Waals surface area contributed by atoms with Gasteiger partial charge in [-0.3, -0.25) is 4.79 Å². The van der Waals surface area contributed by atoms with E-state index in [-0.39, 0.29) is 12.5 Å². The highest BCUT2D eigenvalue weighted by molar-refractivity contribution is 6.31. The van der Waals surface area contributed by atoms with Crippen LogP contribution in [0.4, 0.5) is 0 Å². The first-order chi connectivity index (χ1) is 17.0. The second kappa shape index (κ2) is 10.9. The van der Waals surface area contributed by atoms with Crippen LogP contribution < -0.4 is 10.1 Å². The maximum atomic E-state index is 12.8. The van der Waals surface area contributed by atoms with Crippen molar-refractivity contribution in [2.75, 3.05) is 13.2 Å². The molecule has 4 saturated carbocycles. The predicted molar refractivity (Wildman–Crippen MR) is 140 cm³/mol. The second-order valence-corrected chi connectivity index (χ2v) is 11.8. The minimum atomic E-state index is -0.534. The molecule has 0 radical (unpaired) electrons. The molecule has 1 amide bonds. The summed E-state index contributed by atoms with van der Waals surface area (Å²) < 4.78 is 5.92. The van der Waals surface area contributed by atoms with Crippen molar-refractivity contribution >= 4 is 17.5 Å². The Balaban J connectivity index is 1.09. The Kier molecular flexibility index (Phi) is 7.69. The third-order valence-corrected chi connectivity index (χ3v) is 8.80. The molecule has 6 rings (SSSR count). The Morgan fingerprint density at radius 1 is 1.06 bits per heavy atom. The number of carbonyl (C=O) groups excluding carboxylic acids is 1. The number of amides is 1. The molecule has 0 saturated heterocycles. The maximum absolute atomic E-state index is 12.8. The SMILES string of the molecule is O=C(NCCc1ccccc1)c1cc(Cl)ccc1OCC(O)CCCC12CC3CC(CC(C3)C1)C2. The molecule has 1 atom stereocenters. The lowest BCUT2D eigenvalue weighted by Gasteiger charge is -2.57. The van der Waals surface area contributed by atoms with Gasteiger partial charge in [0.05, 0.1) is 11.7 Å². The topological polar surface area (TPSA) is 58.6 Å². The van der Waals surface area contributed by atoms with Gasteiger partial charge in [-0.15, -0.1) is 0 Å². The number of hydrogen-bond donors (Lipinski definition) is 2. The molecule has 2 N–H and O–H groups in total. The van der Waals surface area contributed by atoms with Crippen LogP contribution in [0, 0.1) is 23.2 Å². The zero-order chi connectivity index (χ0) is 24.3. The number of aliphatic hydroxyl groups excluding tert-OH is 1. The van der Waals surface area contributed by atoms with Crippen molar-refractivity contribution < 1.29 is 14.6 Å². The molecule has 4 nitrogen and oxygen atoms in total. The molecule has 0 aliphatic heterocycles. The van der Waals surface area contributed by atoms with Gasteiger partial charge in [-0.25, -0.2) is 0 Å². The fourth-order valence-corrected chi connectivity index (χ4v) is 7.62. The molecule has 0 aromatic heterocycles. The summed E-state index contributed by atoms with van der Waals surface area (Å²) in [4.78, 5) is 12.8. The molecular weight excluding hydrogens is 458 g/mol. The molecule has 0 heterocycles. The number of carbonyl (C=O) groups is 1. The van der Waals surface area contributed by atoms with Gasteiger partial charge in [0, 0.05) is 11.6 Å². The molecule has 4 fully saturated rings. The summed E-state index contributed by atoms with van der Waals surface area (Å²) in [5.41, 5.74) is 2.13. The lowest BCUT2D eigenvalue weighted by molar-refractivity contribution is -0.0597. The Bertz CT molecular complexity index is 973. The van der Waals surface area contributed by atoms with Gasteiger partial charge in [-0.1, -0.05) is 48.4 Å². The van der Waals surface area contributed by atoms with Crippen molar-refractivity contribution in [1.29, 1.82) is 0 Å². The van der Waals surface area contributed by atoms with E-state index in [2.05, 4.69) is 5.32 Å². The highest BCUT2D eigenvalue weighted by Gasteiger charge is 2.50. The number of ether oxygens (including phenoxy) is 1. The van der Waals surface area contributed by atoms with Crippen LogP contribution in [0.1, 0.15) is 73.7 Å². The van der Waals surface area contributed by atoms with E-state index in [1.165, 1.54) is 50.5 Å². The predicted octanol–water partition coefficient (Wildman–Crippen LogP) is 6.44. The summed E-state index contributed by atoms with van der Waals surface area (Å²) in [6.45, 7) is 0.717. The first-order valence-electron chi connectivity index (χ1n) is 13.4. The zero-order valence-corrected chi connectivity index (χ0v) is 21.3. The summed E-state index contributed by atoms with van der Waals surface area (Å²) in [7, 11) is 0. The third kappa shape index (κ3) is 6.21. The van der Waals surface area contributed by atoms with Crippen LogP contribution in [0.3, 0.4) is 0 Å². The molecule has 4 bridgehead atoms. The van der Waals surface area contributed by atoms with Gasteiger partial charge in [0.1, 0.15) is 12.4 Å². The van der Waals surface area contributed by atoms with Gasteiger partial charge in [-0.2, -0.15) is 0 Å². The van der Waals surface area contributed by atoms with E-state index >= 15 is 0 Å². The van der Waals surface area contributed by atoms with E-state index < -0.39 is 6.10 Å². The number of benzene rings is 2. The minimum absolute atomic E-state index is 0.187. The van der Waals surface area contributed by atoms with Gasteiger partial charge < -0.3 is 15.2 Å². The van der Waals surface area contributed by atoms with Crippen LogP contribution >= 0.6 is 11.6 Å². The normalized spacial score (nSPS) is 27.5. The van der Waals surface area contributed by atoms with E-state index in [0.717, 1.165) is 37.0 Å². The van der Waals surface area contributed by atoms with Crippen molar-refractivity contribution in [3.63, 3.8) is 0 Å². The molecule has 2 aromatic rings. The molecule has 1 unspecified atom stereocenters. The van der Waals surface area contributed by atoms with Crippen LogP contribution in [0.5, 0.6) is 5.75 Å². The molecule has 2 aromatic carbocycles. The minimum Gasteiger partial charge on any atom is -0.490 e. The fraction of sp³-hybridized carbons (Fsp3) is 0.567. The molecular formula is C30H38ClNO3. The highest BCUT2D eigenvalue weighted by atomic mass is 35.5. The van der Waals surface area contributed by atoms with E-state index in [4.69, 9.17) is 16.3 Å². The molecule has 4 aliphatic carbocycles. The highest BCUT2D eigenvalue weighted by Crippen LogP contribution is 2.61. The van der Waals surface area contributed by atoms with Crippen molar-refractivity contribution in [3.05, 3.63) is 64.7 Å². The Morgan fingerprint density at radius 2 is 1.74 bits per heavy atom. The van der Waals surface area contributed by atoms with Gasteiger partial charge in [0.15, 0.2) is 0 Å². The smallest absolute Gasteiger partial charge is 0.255 e. The van der Waals surface area contributed by atoms with Gasteiger partial charge in [-0.05, 0) is 105 Å². The standard InChI is InChI=1S/C30H38ClNO3/c31-25-8-9-28(27(16-25)29(34)32-12-10-21-5-2-1-3-6-21)35-20-26(33)7-4-11-30-17-22-13-23(18-30)15-24(14-22)19-30/h1-3,5-6,8-9,16,22-24,26,33H,4,7,10-15,17-20H2,(H,32,34). The van der Waals surface area contributed by atoms with Crippen molar-refractivity contribution in [2.24, 2.45) is 23.2 Å². The van der Waals surface area contributed by atoms with Crippen molar-refractivity contribution in [1.82, 2.24) is 5.32 Å². The molecule has 35 heavy (non-hydrogen) atoms. The van der Waals surface area contributed by atoms with Crippen LogP contribution in [0.15, 0.2) is 48.5 Å². The van der Waals surface area contributed by atoms with Crippen molar-refractivity contribution in [3.8, 4) is 5.75 Å². The first-order valence-corrected chi connectivity index (χ1v) is 13.8. The summed E-state index contributed by atoms with van der Waals surface area (Å²) in [6, 6.07) is 15.1. The van der Waals surface area contributed by atoms with Crippen LogP contribution in [-0.2, 0) is 6.42 Å². The zero-order valence-electron chi connectivity index (χ0n) is 20.6. The molecule has 188 valence electrons. The van der Waals surface area contributed by atoms with Crippen LogP contribution in [-0.4, -0.2) is 30.3 Å². The van der Waals surface area contributed by atoms with Crippen LogP contribution in [0.25, 0.3) is 0 Å². The summed E-state index contributed by atoms with van der Waals surface area (Å²) in [6.07, 6.45) is 11.9. The summed E-state index contributed by atoms with van der Waals surface area (Å²) >= 11 is 6.17. The number of halogens is 1. The summed E-state index contributed by atoms with van der Waals surface area (Å²) in [5.74, 6) is 3.16. The lowest BCUT2D eigenvalue weighted by atomic mass is 9.48. The van der Waals surface area contributed by atoms with E-state index in [1.54, 1.807) is 18.2 Å².